The zero-order valence-corrected chi connectivity index (χ0v) is 7.43. The molecule has 4 heteroatoms. The zero-order valence-electron chi connectivity index (χ0n) is 7.43. The normalized spacial score (nSPS) is 24.6. The van der Waals surface area contributed by atoms with E-state index in [4.69, 9.17) is 0 Å². The molecule has 1 saturated heterocycles. The molecular formula is C8H16N2O2. The molecular weight excluding hydrogens is 156 g/mol. The first-order valence-electron chi connectivity index (χ1n) is 4.41. The summed E-state index contributed by atoms with van der Waals surface area (Å²) in [7, 11) is 1.45. The van der Waals surface area contributed by atoms with Gasteiger partial charge in [-0.1, -0.05) is 12.8 Å². The third-order valence-corrected chi connectivity index (χ3v) is 2.08. The second kappa shape index (κ2) is 5.11. The minimum atomic E-state index is -0.0625. The van der Waals surface area contributed by atoms with Gasteiger partial charge in [-0.25, -0.2) is 5.48 Å². The van der Waals surface area contributed by atoms with Crippen molar-refractivity contribution in [3.8, 4) is 0 Å². The van der Waals surface area contributed by atoms with E-state index in [0.717, 1.165) is 25.8 Å². The minimum absolute atomic E-state index is 0.0561. The molecule has 0 radical (unpaired) electrons. The molecule has 0 saturated carbocycles. The third-order valence-electron chi connectivity index (χ3n) is 2.08. The van der Waals surface area contributed by atoms with Crippen molar-refractivity contribution in [2.24, 2.45) is 0 Å². The average molecular weight is 172 g/mol. The summed E-state index contributed by atoms with van der Waals surface area (Å²) in [5.41, 5.74) is 2.34. The molecule has 2 N–H and O–H groups in total. The number of hydroxylamine groups is 1. The highest BCUT2D eigenvalue weighted by atomic mass is 16.6. The van der Waals surface area contributed by atoms with Crippen LogP contribution in [-0.2, 0) is 9.63 Å². The van der Waals surface area contributed by atoms with Gasteiger partial charge in [-0.3, -0.25) is 9.63 Å². The fourth-order valence-electron chi connectivity index (χ4n) is 1.42. The number of nitrogens with one attached hydrogen (secondary N) is 2. The molecule has 1 unspecified atom stereocenters. The Kier molecular flexibility index (Phi) is 4.04. The number of hydrogen-bond acceptors (Lipinski definition) is 3. The van der Waals surface area contributed by atoms with Gasteiger partial charge >= 0.3 is 0 Å². The number of amides is 1. The Hall–Kier alpha value is -0.610. The molecule has 0 bridgehead atoms. The smallest absolute Gasteiger partial charge is 0.260 e. The number of carbonyl (C=O) groups is 1. The van der Waals surface area contributed by atoms with Crippen LogP contribution in [0.3, 0.4) is 0 Å². The van der Waals surface area contributed by atoms with Crippen LogP contribution in [0.15, 0.2) is 0 Å². The van der Waals surface area contributed by atoms with Crippen LogP contribution in [0.2, 0.25) is 0 Å². The summed E-state index contributed by atoms with van der Waals surface area (Å²) >= 11 is 0. The Morgan fingerprint density at radius 2 is 2.33 bits per heavy atom. The van der Waals surface area contributed by atoms with Gasteiger partial charge in [-0.15, -0.1) is 0 Å². The Labute approximate surface area is 72.6 Å². The molecule has 0 aromatic rings. The quantitative estimate of drug-likeness (QED) is 0.585. The van der Waals surface area contributed by atoms with Crippen molar-refractivity contribution in [2.45, 2.75) is 31.7 Å². The lowest BCUT2D eigenvalue weighted by molar-refractivity contribution is -0.133. The van der Waals surface area contributed by atoms with Crippen molar-refractivity contribution >= 4 is 5.91 Å². The fourth-order valence-corrected chi connectivity index (χ4v) is 1.42. The van der Waals surface area contributed by atoms with Crippen molar-refractivity contribution in [3.63, 3.8) is 0 Å². The van der Waals surface area contributed by atoms with E-state index in [1.807, 2.05) is 0 Å². The zero-order chi connectivity index (χ0) is 8.81. The van der Waals surface area contributed by atoms with Gasteiger partial charge < -0.3 is 5.32 Å². The first-order chi connectivity index (χ1) is 5.84. The molecule has 1 heterocycles. The summed E-state index contributed by atoms with van der Waals surface area (Å²) in [6, 6.07) is -0.0625. The fraction of sp³-hybridized carbons (Fsp3) is 0.875. The minimum Gasteiger partial charge on any atom is -0.306 e. The molecule has 0 spiro atoms. The maximum Gasteiger partial charge on any atom is 0.260 e. The Morgan fingerprint density at radius 3 is 3.08 bits per heavy atom. The van der Waals surface area contributed by atoms with Crippen molar-refractivity contribution < 1.29 is 9.63 Å². The Morgan fingerprint density at radius 1 is 1.50 bits per heavy atom. The van der Waals surface area contributed by atoms with E-state index in [1.165, 1.54) is 13.5 Å². The van der Waals surface area contributed by atoms with E-state index in [1.54, 1.807) is 0 Å². The second-order valence-electron chi connectivity index (χ2n) is 3.03. The lowest BCUT2D eigenvalue weighted by atomic mass is 10.1. The monoisotopic (exact) mass is 172 g/mol. The molecule has 70 valence electrons. The molecule has 0 aliphatic carbocycles. The van der Waals surface area contributed by atoms with Gasteiger partial charge in [0, 0.05) is 0 Å². The van der Waals surface area contributed by atoms with E-state index in [0.29, 0.717) is 0 Å². The third kappa shape index (κ3) is 2.79. The van der Waals surface area contributed by atoms with E-state index >= 15 is 0 Å². The van der Waals surface area contributed by atoms with Crippen LogP contribution in [0.25, 0.3) is 0 Å². The van der Waals surface area contributed by atoms with Gasteiger partial charge in [0.25, 0.3) is 5.91 Å². The summed E-state index contributed by atoms with van der Waals surface area (Å²) < 4.78 is 0. The van der Waals surface area contributed by atoms with E-state index < -0.39 is 0 Å². The highest BCUT2D eigenvalue weighted by molar-refractivity contribution is 5.80. The van der Waals surface area contributed by atoms with Gasteiger partial charge in [-0.2, -0.15) is 0 Å². The predicted molar refractivity (Wildman–Crippen MR) is 45.4 cm³/mol. The molecule has 1 atom stereocenters. The summed E-state index contributed by atoms with van der Waals surface area (Å²) in [6.45, 7) is 0.932. The highest BCUT2D eigenvalue weighted by Crippen LogP contribution is 2.07. The van der Waals surface area contributed by atoms with Crippen LogP contribution in [0.1, 0.15) is 25.7 Å². The summed E-state index contributed by atoms with van der Waals surface area (Å²) in [6.07, 6.45) is 4.41. The highest BCUT2D eigenvalue weighted by Gasteiger charge is 2.18. The average Bonchev–Trinajstić information content (AvgIpc) is 2.32. The number of hydrogen-bond donors (Lipinski definition) is 2. The van der Waals surface area contributed by atoms with Crippen molar-refractivity contribution in [3.05, 3.63) is 0 Å². The molecule has 0 aromatic heterocycles. The maximum atomic E-state index is 11.3. The molecule has 1 fully saturated rings. The molecule has 1 aliphatic heterocycles. The van der Waals surface area contributed by atoms with Gasteiger partial charge in [-0.05, 0) is 19.4 Å². The first-order valence-corrected chi connectivity index (χ1v) is 4.41. The van der Waals surface area contributed by atoms with Crippen LogP contribution in [0, 0.1) is 0 Å². The molecule has 1 amide bonds. The lowest BCUT2D eigenvalue weighted by Crippen LogP contribution is -2.43. The second-order valence-corrected chi connectivity index (χ2v) is 3.03. The standard InChI is InChI=1S/C8H16N2O2/c1-12-10-8(11)7-5-3-2-4-6-9-7/h7,9H,2-6H2,1H3,(H,10,11). The van der Waals surface area contributed by atoms with Gasteiger partial charge in [0.1, 0.15) is 0 Å². The first kappa shape index (κ1) is 9.48. The van der Waals surface area contributed by atoms with Crippen molar-refractivity contribution in [1.29, 1.82) is 0 Å². The number of carbonyl (C=O) groups excluding carboxylic acids is 1. The van der Waals surface area contributed by atoms with Gasteiger partial charge in [0.2, 0.25) is 0 Å². The molecule has 0 aromatic carbocycles. The maximum absolute atomic E-state index is 11.3. The molecule has 1 aliphatic rings. The van der Waals surface area contributed by atoms with Gasteiger partial charge in [0.15, 0.2) is 0 Å². The van der Waals surface area contributed by atoms with Crippen LogP contribution in [0.4, 0.5) is 0 Å². The molecule has 4 nitrogen and oxygen atoms in total. The summed E-state index contributed by atoms with van der Waals surface area (Å²) in [5, 5.41) is 3.17. The van der Waals surface area contributed by atoms with Crippen LogP contribution in [-0.4, -0.2) is 25.6 Å². The van der Waals surface area contributed by atoms with Crippen LogP contribution < -0.4 is 10.8 Å². The largest absolute Gasteiger partial charge is 0.306 e. The van der Waals surface area contributed by atoms with Crippen molar-refractivity contribution in [2.75, 3.05) is 13.7 Å². The SMILES string of the molecule is CONC(=O)C1CCCCCN1. The topological polar surface area (TPSA) is 50.4 Å². The van der Waals surface area contributed by atoms with Crippen molar-refractivity contribution in [1.82, 2.24) is 10.8 Å². The Bertz CT molecular complexity index is 142. The van der Waals surface area contributed by atoms with Gasteiger partial charge in [0.05, 0.1) is 13.2 Å². The van der Waals surface area contributed by atoms with E-state index in [-0.39, 0.29) is 11.9 Å². The van der Waals surface area contributed by atoms with Crippen LogP contribution >= 0.6 is 0 Å². The lowest BCUT2D eigenvalue weighted by Gasteiger charge is -2.13. The molecule has 1 rings (SSSR count). The summed E-state index contributed by atoms with van der Waals surface area (Å²) in [5.74, 6) is -0.0561. The van der Waals surface area contributed by atoms with Crippen LogP contribution in [0.5, 0.6) is 0 Å². The summed E-state index contributed by atoms with van der Waals surface area (Å²) in [4.78, 5) is 15.8. The Balaban J connectivity index is 2.32. The van der Waals surface area contributed by atoms with E-state index in [2.05, 4.69) is 15.6 Å². The predicted octanol–water partition coefficient (Wildman–Crippen LogP) is 0.196. The van der Waals surface area contributed by atoms with E-state index in [9.17, 15) is 4.79 Å². The molecule has 12 heavy (non-hydrogen) atoms. The number of rotatable bonds is 2.